The highest BCUT2D eigenvalue weighted by atomic mass is 16.2. The molecule has 1 N–H and O–H groups in total. The Balaban J connectivity index is 1.88. The fourth-order valence-corrected chi connectivity index (χ4v) is 2.64. The lowest BCUT2D eigenvalue weighted by Gasteiger charge is -2.31. The summed E-state index contributed by atoms with van der Waals surface area (Å²) in [6, 6.07) is 1.73. The van der Waals surface area contributed by atoms with Crippen LogP contribution in [0.15, 0.2) is 37.2 Å². The SMILES string of the molecule is Cc1nc2ncccn2c1C(=O)N[C@H](Cn1ccnc1)C(C)(C)C. The Morgan fingerprint density at radius 1 is 1.29 bits per heavy atom. The van der Waals surface area contributed by atoms with E-state index < -0.39 is 0 Å². The van der Waals surface area contributed by atoms with Crippen molar-refractivity contribution in [2.75, 3.05) is 0 Å². The van der Waals surface area contributed by atoms with Gasteiger partial charge in [0.25, 0.3) is 5.91 Å². The van der Waals surface area contributed by atoms with Gasteiger partial charge in [0.1, 0.15) is 5.69 Å². The second kappa shape index (κ2) is 6.07. The number of nitrogens with one attached hydrogen (secondary N) is 1. The molecule has 7 heteroatoms. The lowest BCUT2D eigenvalue weighted by Crippen LogP contribution is -2.46. The van der Waals surface area contributed by atoms with Gasteiger partial charge in [-0.05, 0) is 18.4 Å². The molecule has 0 radical (unpaired) electrons. The van der Waals surface area contributed by atoms with Crippen LogP contribution < -0.4 is 5.32 Å². The molecule has 0 saturated carbocycles. The molecule has 0 aliphatic rings. The summed E-state index contributed by atoms with van der Waals surface area (Å²) in [5, 5.41) is 3.15. The molecule has 3 aromatic rings. The van der Waals surface area contributed by atoms with Gasteiger partial charge in [-0.3, -0.25) is 9.20 Å². The van der Waals surface area contributed by atoms with Gasteiger partial charge in [0.15, 0.2) is 0 Å². The van der Waals surface area contributed by atoms with Crippen molar-refractivity contribution in [1.82, 2.24) is 29.2 Å². The normalized spacial score (nSPS) is 13.2. The van der Waals surface area contributed by atoms with Crippen LogP contribution in [0.1, 0.15) is 37.0 Å². The van der Waals surface area contributed by atoms with Crippen LogP contribution in [0.4, 0.5) is 0 Å². The van der Waals surface area contributed by atoms with Crippen LogP contribution in [-0.4, -0.2) is 35.9 Å². The predicted octanol–water partition coefficient (Wildman–Crippen LogP) is 2.08. The van der Waals surface area contributed by atoms with Gasteiger partial charge in [-0.1, -0.05) is 20.8 Å². The van der Waals surface area contributed by atoms with E-state index in [4.69, 9.17) is 0 Å². The Bertz CT molecular complexity index is 844. The molecule has 1 amide bonds. The number of hydrogen-bond acceptors (Lipinski definition) is 4. The number of hydrogen-bond donors (Lipinski definition) is 1. The molecule has 0 bridgehead atoms. The summed E-state index contributed by atoms with van der Waals surface area (Å²) >= 11 is 0. The number of rotatable bonds is 4. The summed E-state index contributed by atoms with van der Waals surface area (Å²) in [6.45, 7) is 8.81. The Kier molecular flexibility index (Phi) is 4.09. The fourth-order valence-electron chi connectivity index (χ4n) is 2.64. The first kappa shape index (κ1) is 16.2. The van der Waals surface area contributed by atoms with Crippen LogP contribution in [0.5, 0.6) is 0 Å². The van der Waals surface area contributed by atoms with Gasteiger partial charge in [-0.15, -0.1) is 0 Å². The van der Waals surface area contributed by atoms with Crippen LogP contribution in [0, 0.1) is 12.3 Å². The molecule has 0 aliphatic heterocycles. The Morgan fingerprint density at radius 2 is 2.08 bits per heavy atom. The highest BCUT2D eigenvalue weighted by molar-refractivity contribution is 5.94. The summed E-state index contributed by atoms with van der Waals surface area (Å²) in [5.74, 6) is 0.384. The van der Waals surface area contributed by atoms with E-state index in [2.05, 4.69) is 41.0 Å². The molecule has 3 rings (SSSR count). The van der Waals surface area contributed by atoms with Crippen molar-refractivity contribution in [2.24, 2.45) is 5.41 Å². The molecule has 3 aromatic heterocycles. The van der Waals surface area contributed by atoms with Gasteiger partial charge in [0.05, 0.1) is 18.1 Å². The van der Waals surface area contributed by atoms with Crippen molar-refractivity contribution < 1.29 is 4.79 Å². The smallest absolute Gasteiger partial charge is 0.270 e. The fraction of sp³-hybridized carbons (Fsp3) is 0.412. The topological polar surface area (TPSA) is 77.1 Å². The number of amides is 1. The summed E-state index contributed by atoms with van der Waals surface area (Å²) in [6.07, 6.45) is 8.87. The second-order valence-electron chi connectivity index (χ2n) is 6.99. The minimum absolute atomic E-state index is 0.0548. The minimum atomic E-state index is -0.145. The van der Waals surface area contributed by atoms with Crippen LogP contribution >= 0.6 is 0 Å². The van der Waals surface area contributed by atoms with E-state index in [0.717, 1.165) is 0 Å². The van der Waals surface area contributed by atoms with E-state index in [-0.39, 0.29) is 17.4 Å². The number of nitrogens with zero attached hydrogens (tertiary/aromatic N) is 5. The third kappa shape index (κ3) is 3.15. The summed E-state index contributed by atoms with van der Waals surface area (Å²) in [4.78, 5) is 25.5. The van der Waals surface area contributed by atoms with E-state index in [1.807, 2.05) is 17.7 Å². The predicted molar refractivity (Wildman–Crippen MR) is 90.7 cm³/mol. The van der Waals surface area contributed by atoms with Crippen molar-refractivity contribution in [1.29, 1.82) is 0 Å². The number of carbonyl (C=O) groups is 1. The highest BCUT2D eigenvalue weighted by Crippen LogP contribution is 2.22. The van der Waals surface area contributed by atoms with Gasteiger partial charge in [-0.2, -0.15) is 0 Å². The third-order valence-electron chi connectivity index (χ3n) is 4.10. The number of imidazole rings is 2. The lowest BCUT2D eigenvalue weighted by molar-refractivity contribution is 0.0886. The molecule has 0 aromatic carbocycles. The molecule has 1 atom stereocenters. The molecule has 126 valence electrons. The maximum Gasteiger partial charge on any atom is 0.270 e. The molecule has 0 unspecified atom stereocenters. The van der Waals surface area contributed by atoms with E-state index in [1.165, 1.54) is 0 Å². The quantitative estimate of drug-likeness (QED) is 0.796. The van der Waals surface area contributed by atoms with Crippen LogP contribution in [0.2, 0.25) is 0 Å². The van der Waals surface area contributed by atoms with Crippen molar-refractivity contribution in [3.8, 4) is 0 Å². The first-order valence-corrected chi connectivity index (χ1v) is 7.92. The number of aromatic nitrogens is 5. The third-order valence-corrected chi connectivity index (χ3v) is 4.10. The molecular weight excluding hydrogens is 304 g/mol. The first-order valence-electron chi connectivity index (χ1n) is 7.92. The maximum absolute atomic E-state index is 12.9. The Morgan fingerprint density at radius 3 is 2.75 bits per heavy atom. The number of aryl methyl sites for hydroxylation is 1. The van der Waals surface area contributed by atoms with Gasteiger partial charge in [0, 0.05) is 31.3 Å². The monoisotopic (exact) mass is 326 g/mol. The zero-order chi connectivity index (χ0) is 17.3. The molecule has 0 aliphatic carbocycles. The van der Waals surface area contributed by atoms with Crippen molar-refractivity contribution >= 4 is 11.7 Å². The van der Waals surface area contributed by atoms with Crippen LogP contribution in [0.3, 0.4) is 0 Å². The first-order chi connectivity index (χ1) is 11.4. The number of fused-ring (bicyclic) bond motifs is 1. The van der Waals surface area contributed by atoms with Crippen LogP contribution in [0.25, 0.3) is 5.78 Å². The van der Waals surface area contributed by atoms with Crippen LogP contribution in [-0.2, 0) is 6.54 Å². The van der Waals surface area contributed by atoms with Gasteiger partial charge in [-0.25, -0.2) is 15.0 Å². The largest absolute Gasteiger partial charge is 0.346 e. The van der Waals surface area contributed by atoms with Crippen molar-refractivity contribution in [2.45, 2.75) is 40.3 Å². The molecule has 0 spiro atoms. The molecule has 7 nitrogen and oxygen atoms in total. The van der Waals surface area contributed by atoms with Gasteiger partial charge < -0.3 is 9.88 Å². The highest BCUT2D eigenvalue weighted by Gasteiger charge is 2.28. The minimum Gasteiger partial charge on any atom is -0.346 e. The average molecular weight is 326 g/mol. The van der Waals surface area contributed by atoms with Gasteiger partial charge >= 0.3 is 0 Å². The lowest BCUT2D eigenvalue weighted by atomic mass is 9.86. The second-order valence-corrected chi connectivity index (χ2v) is 6.99. The summed E-state index contributed by atoms with van der Waals surface area (Å²) < 4.78 is 3.70. The molecule has 0 fully saturated rings. The Hall–Kier alpha value is -2.70. The van der Waals surface area contributed by atoms with E-state index in [9.17, 15) is 4.79 Å². The van der Waals surface area contributed by atoms with E-state index >= 15 is 0 Å². The molecule has 0 saturated heterocycles. The zero-order valence-corrected chi connectivity index (χ0v) is 14.4. The van der Waals surface area contributed by atoms with Crippen molar-refractivity contribution in [3.63, 3.8) is 0 Å². The summed E-state index contributed by atoms with van der Waals surface area (Å²) in [5.41, 5.74) is 1.09. The van der Waals surface area contributed by atoms with E-state index in [1.54, 1.807) is 35.4 Å². The maximum atomic E-state index is 12.9. The summed E-state index contributed by atoms with van der Waals surface area (Å²) in [7, 11) is 0. The zero-order valence-electron chi connectivity index (χ0n) is 14.4. The number of carbonyl (C=O) groups excluding carboxylic acids is 1. The molecule has 24 heavy (non-hydrogen) atoms. The Labute approximate surface area is 140 Å². The molecular formula is C17H22N6O. The average Bonchev–Trinajstić information content (AvgIpc) is 3.11. The molecule has 3 heterocycles. The standard InChI is InChI=1S/C17H22N6O/c1-12-14(23-8-5-6-19-16(23)20-12)15(24)21-13(17(2,3)4)10-22-9-7-18-11-22/h5-9,11,13H,10H2,1-4H3,(H,21,24)/t13-/m1/s1. The van der Waals surface area contributed by atoms with Gasteiger partial charge in [0.2, 0.25) is 5.78 Å². The van der Waals surface area contributed by atoms with Crippen molar-refractivity contribution in [3.05, 3.63) is 48.6 Å². The van der Waals surface area contributed by atoms with E-state index in [0.29, 0.717) is 23.7 Å².